The average Bonchev–Trinajstić information content (AvgIpc) is 2.96. The summed E-state index contributed by atoms with van der Waals surface area (Å²) < 4.78 is 0. The van der Waals surface area contributed by atoms with Crippen LogP contribution < -0.4 is 15.5 Å². The second kappa shape index (κ2) is 9.26. The summed E-state index contributed by atoms with van der Waals surface area (Å²) in [7, 11) is 0. The van der Waals surface area contributed by atoms with Crippen LogP contribution in [0.25, 0.3) is 0 Å². The molecule has 2 heterocycles. The van der Waals surface area contributed by atoms with Crippen LogP contribution in [0.4, 0.5) is 17.1 Å². The number of carbonyl (C=O) groups is 1. The number of aliphatic hydroxyl groups excluding tert-OH is 1. The molecule has 4 rings (SSSR count). The molecule has 2 aromatic carbocycles. The second-order valence-corrected chi connectivity index (χ2v) is 9.66. The molecule has 172 valence electrons. The minimum absolute atomic E-state index is 0.0307. The third-order valence-electron chi connectivity index (χ3n) is 6.26. The number of hydrogen-bond donors (Lipinski definition) is 3. The van der Waals surface area contributed by atoms with Crippen LogP contribution in [-0.2, 0) is 4.79 Å². The number of nitrogens with zero attached hydrogens (tertiary/aromatic N) is 3. The molecule has 7 nitrogen and oxygen atoms in total. The molecule has 0 bridgehead atoms. The Morgan fingerprint density at radius 3 is 2.58 bits per heavy atom. The van der Waals surface area contributed by atoms with Crippen LogP contribution in [0.3, 0.4) is 0 Å². The number of para-hydroxylation sites is 1. The summed E-state index contributed by atoms with van der Waals surface area (Å²) >= 11 is 0. The van der Waals surface area contributed by atoms with Crippen LogP contribution >= 0.6 is 0 Å². The molecule has 7 heteroatoms. The van der Waals surface area contributed by atoms with Gasteiger partial charge in [-0.1, -0.05) is 45.0 Å². The first-order chi connectivity index (χ1) is 15.8. The molecule has 0 aromatic heterocycles. The number of benzene rings is 2. The maximum Gasteiger partial charge on any atom is 0.248 e. The van der Waals surface area contributed by atoms with Crippen molar-refractivity contribution in [2.24, 2.45) is 5.41 Å². The van der Waals surface area contributed by atoms with Crippen molar-refractivity contribution in [3.8, 4) is 6.07 Å². The molecule has 33 heavy (non-hydrogen) atoms. The zero-order valence-corrected chi connectivity index (χ0v) is 19.4. The standard InChI is InChI=1S/C26H31N5O2/c1-26(2,3)25(33)28-19-8-9-22(18(16-19)17-27)30-12-14-31(15-13-30)23-10-11-24(32)29-21-7-5-4-6-20(21)23/h4-11,16,23,25,28,33H,12-15H2,1-3H3,(H,29,32). The van der Waals surface area contributed by atoms with Gasteiger partial charge in [0, 0.05) is 49.0 Å². The van der Waals surface area contributed by atoms with E-state index in [1.54, 1.807) is 12.1 Å². The Morgan fingerprint density at radius 1 is 1.15 bits per heavy atom. The number of carbonyl (C=O) groups excluding carboxylic acids is 1. The molecule has 2 atom stereocenters. The van der Waals surface area contributed by atoms with E-state index in [1.807, 2.05) is 57.2 Å². The van der Waals surface area contributed by atoms with Crippen molar-refractivity contribution in [3.63, 3.8) is 0 Å². The van der Waals surface area contributed by atoms with Gasteiger partial charge in [0.25, 0.3) is 0 Å². The number of aliphatic hydroxyl groups is 1. The third kappa shape index (κ3) is 5.03. The number of fused-ring (bicyclic) bond motifs is 1. The zero-order valence-electron chi connectivity index (χ0n) is 19.4. The largest absolute Gasteiger partial charge is 0.373 e. The lowest BCUT2D eigenvalue weighted by atomic mass is 9.94. The average molecular weight is 446 g/mol. The topological polar surface area (TPSA) is 91.6 Å². The van der Waals surface area contributed by atoms with Gasteiger partial charge in [0.2, 0.25) is 5.91 Å². The predicted octanol–water partition coefficient (Wildman–Crippen LogP) is 3.71. The molecule has 3 N–H and O–H groups in total. The first-order valence-electron chi connectivity index (χ1n) is 11.3. The number of amides is 1. The summed E-state index contributed by atoms with van der Waals surface area (Å²) in [4.78, 5) is 16.7. The smallest absolute Gasteiger partial charge is 0.248 e. The second-order valence-electron chi connectivity index (χ2n) is 9.66. The van der Waals surface area contributed by atoms with E-state index in [0.717, 1.165) is 48.8 Å². The van der Waals surface area contributed by atoms with Crippen molar-refractivity contribution in [2.45, 2.75) is 33.0 Å². The van der Waals surface area contributed by atoms with Crippen molar-refractivity contribution in [2.75, 3.05) is 41.7 Å². The summed E-state index contributed by atoms with van der Waals surface area (Å²) in [5.41, 5.74) is 3.86. The van der Waals surface area contributed by atoms with E-state index >= 15 is 0 Å². The molecule has 2 aliphatic rings. The van der Waals surface area contributed by atoms with Gasteiger partial charge in [-0.25, -0.2) is 0 Å². The Kier molecular flexibility index (Phi) is 6.41. The molecule has 1 saturated heterocycles. The number of hydrogen-bond acceptors (Lipinski definition) is 6. The molecular weight excluding hydrogens is 414 g/mol. The SMILES string of the molecule is CC(C)(C)C(O)Nc1ccc(N2CCN(C3C=CC(=O)Nc4ccccc43)CC2)c(C#N)c1. The molecule has 0 radical (unpaired) electrons. The Labute approximate surface area is 195 Å². The van der Waals surface area contributed by atoms with E-state index in [9.17, 15) is 15.2 Å². The van der Waals surface area contributed by atoms with Crippen molar-refractivity contribution in [1.82, 2.24) is 4.90 Å². The zero-order chi connectivity index (χ0) is 23.6. The summed E-state index contributed by atoms with van der Waals surface area (Å²) in [5.74, 6) is -0.104. The highest BCUT2D eigenvalue weighted by Crippen LogP contribution is 2.33. The minimum Gasteiger partial charge on any atom is -0.373 e. The van der Waals surface area contributed by atoms with Gasteiger partial charge in [0.1, 0.15) is 12.3 Å². The van der Waals surface area contributed by atoms with Gasteiger partial charge in [-0.05, 0) is 29.8 Å². The minimum atomic E-state index is -0.713. The molecule has 2 unspecified atom stereocenters. The lowest BCUT2D eigenvalue weighted by Gasteiger charge is -2.40. The highest BCUT2D eigenvalue weighted by atomic mass is 16.3. The molecule has 0 spiro atoms. The Morgan fingerprint density at radius 2 is 1.88 bits per heavy atom. The van der Waals surface area contributed by atoms with Crippen LogP contribution in [0, 0.1) is 16.7 Å². The quantitative estimate of drug-likeness (QED) is 0.622. The fourth-order valence-electron chi connectivity index (χ4n) is 4.25. The number of anilines is 3. The van der Waals surface area contributed by atoms with Crippen molar-refractivity contribution >= 4 is 23.0 Å². The Balaban J connectivity index is 1.48. The maximum atomic E-state index is 12.1. The van der Waals surface area contributed by atoms with Crippen LogP contribution in [0.15, 0.2) is 54.6 Å². The van der Waals surface area contributed by atoms with E-state index in [-0.39, 0.29) is 17.4 Å². The summed E-state index contributed by atoms with van der Waals surface area (Å²) in [6, 6.07) is 16.0. The van der Waals surface area contributed by atoms with Crippen LogP contribution in [-0.4, -0.2) is 48.3 Å². The molecule has 1 amide bonds. The highest BCUT2D eigenvalue weighted by Gasteiger charge is 2.28. The Hall–Kier alpha value is -3.34. The maximum absolute atomic E-state index is 12.1. The van der Waals surface area contributed by atoms with E-state index in [0.29, 0.717) is 5.56 Å². The predicted molar refractivity (Wildman–Crippen MR) is 131 cm³/mol. The fraction of sp³-hybridized carbons (Fsp3) is 0.385. The van der Waals surface area contributed by atoms with Crippen LogP contribution in [0.5, 0.6) is 0 Å². The van der Waals surface area contributed by atoms with Crippen molar-refractivity contribution in [3.05, 3.63) is 65.7 Å². The number of nitriles is 1. The third-order valence-corrected chi connectivity index (χ3v) is 6.26. The van der Waals surface area contributed by atoms with Gasteiger partial charge in [0.15, 0.2) is 0 Å². The fourth-order valence-corrected chi connectivity index (χ4v) is 4.25. The van der Waals surface area contributed by atoms with Gasteiger partial charge < -0.3 is 20.6 Å². The first-order valence-corrected chi connectivity index (χ1v) is 11.3. The summed E-state index contributed by atoms with van der Waals surface area (Å²) in [6.45, 7) is 9.04. The van der Waals surface area contributed by atoms with E-state index in [1.165, 1.54) is 0 Å². The molecule has 0 saturated carbocycles. The molecule has 1 fully saturated rings. The molecule has 2 aromatic rings. The van der Waals surface area contributed by atoms with E-state index in [2.05, 4.69) is 32.6 Å². The van der Waals surface area contributed by atoms with Gasteiger partial charge >= 0.3 is 0 Å². The number of rotatable bonds is 4. The van der Waals surface area contributed by atoms with Gasteiger partial charge in [-0.15, -0.1) is 0 Å². The molecular formula is C26H31N5O2. The van der Waals surface area contributed by atoms with E-state index < -0.39 is 6.23 Å². The monoisotopic (exact) mass is 445 g/mol. The number of nitrogens with one attached hydrogen (secondary N) is 2. The molecule has 0 aliphatic carbocycles. The van der Waals surface area contributed by atoms with E-state index in [4.69, 9.17) is 0 Å². The summed E-state index contributed by atoms with van der Waals surface area (Å²) in [6.07, 6.45) is 2.87. The van der Waals surface area contributed by atoms with Crippen molar-refractivity contribution in [1.29, 1.82) is 5.26 Å². The van der Waals surface area contributed by atoms with Gasteiger partial charge in [0.05, 0.1) is 17.3 Å². The summed E-state index contributed by atoms with van der Waals surface area (Å²) in [5, 5.41) is 26.1. The lowest BCUT2D eigenvalue weighted by molar-refractivity contribution is -0.111. The van der Waals surface area contributed by atoms with Crippen LogP contribution in [0.2, 0.25) is 0 Å². The Bertz CT molecular complexity index is 1090. The lowest BCUT2D eigenvalue weighted by Crippen LogP contribution is -2.47. The molecule has 2 aliphatic heterocycles. The van der Waals surface area contributed by atoms with Gasteiger partial charge in [-0.2, -0.15) is 5.26 Å². The highest BCUT2D eigenvalue weighted by molar-refractivity contribution is 6.00. The van der Waals surface area contributed by atoms with Gasteiger partial charge in [-0.3, -0.25) is 9.69 Å². The number of piperazine rings is 1. The van der Waals surface area contributed by atoms with Crippen molar-refractivity contribution < 1.29 is 9.90 Å². The normalized spacial score (nSPS) is 19.8. The first kappa shape index (κ1) is 22.8. The van der Waals surface area contributed by atoms with Crippen LogP contribution in [0.1, 0.15) is 37.9 Å².